The van der Waals surface area contributed by atoms with Crippen molar-refractivity contribution in [1.82, 2.24) is 4.72 Å². The third-order valence-electron chi connectivity index (χ3n) is 2.57. The van der Waals surface area contributed by atoms with Gasteiger partial charge in [-0.05, 0) is 31.0 Å². The molecule has 0 radical (unpaired) electrons. The van der Waals surface area contributed by atoms with Gasteiger partial charge < -0.3 is 5.11 Å². The monoisotopic (exact) mass is 322 g/mol. The van der Waals surface area contributed by atoms with Crippen LogP contribution in [0.5, 0.6) is 0 Å². The number of aliphatic hydroxyl groups is 1. The molecule has 0 aliphatic heterocycles. The van der Waals surface area contributed by atoms with Crippen molar-refractivity contribution in [3.63, 3.8) is 0 Å². The lowest BCUT2D eigenvalue weighted by atomic mass is 10.1. The highest BCUT2D eigenvalue weighted by Crippen LogP contribution is 2.15. The number of primary sulfonamides is 1. The number of rotatable bonds is 7. The Bertz CT molecular complexity index is 636. The predicted octanol–water partition coefficient (Wildman–Crippen LogP) is -0.303. The van der Waals surface area contributed by atoms with Crippen molar-refractivity contribution in [3.8, 4) is 0 Å². The fourth-order valence-corrected chi connectivity index (χ4v) is 3.11. The molecule has 7 nitrogen and oxygen atoms in total. The van der Waals surface area contributed by atoms with Gasteiger partial charge in [0.05, 0.1) is 16.8 Å². The van der Waals surface area contributed by atoms with Crippen molar-refractivity contribution in [3.05, 3.63) is 29.8 Å². The van der Waals surface area contributed by atoms with Crippen LogP contribution in [0.15, 0.2) is 29.2 Å². The van der Waals surface area contributed by atoms with E-state index in [4.69, 9.17) is 5.14 Å². The average molecular weight is 322 g/mol. The van der Waals surface area contributed by atoms with Crippen LogP contribution < -0.4 is 9.86 Å². The van der Waals surface area contributed by atoms with Crippen LogP contribution in [0.4, 0.5) is 0 Å². The van der Waals surface area contributed by atoms with Crippen LogP contribution in [0.1, 0.15) is 25.0 Å². The summed E-state index contributed by atoms with van der Waals surface area (Å²) in [5.74, 6) is -0.281. The van der Waals surface area contributed by atoms with Gasteiger partial charge in [0.25, 0.3) is 0 Å². The Morgan fingerprint density at radius 2 is 1.75 bits per heavy atom. The van der Waals surface area contributed by atoms with Crippen LogP contribution in [0.25, 0.3) is 0 Å². The number of hydrogen-bond acceptors (Lipinski definition) is 5. The minimum atomic E-state index is -3.69. The number of aliphatic hydroxyl groups excluding tert-OH is 1. The number of nitrogens with two attached hydrogens (primary N) is 1. The first kappa shape index (κ1) is 17.1. The van der Waals surface area contributed by atoms with Crippen LogP contribution >= 0.6 is 0 Å². The number of nitrogens with one attached hydrogen (secondary N) is 1. The molecule has 1 aromatic carbocycles. The van der Waals surface area contributed by atoms with Crippen LogP contribution in [-0.4, -0.2) is 34.2 Å². The Kier molecular flexibility index (Phi) is 5.66. The Morgan fingerprint density at radius 1 is 1.20 bits per heavy atom. The van der Waals surface area contributed by atoms with Crippen molar-refractivity contribution in [2.24, 2.45) is 5.14 Å². The molecule has 1 atom stereocenters. The number of benzene rings is 1. The van der Waals surface area contributed by atoms with Crippen LogP contribution in [-0.2, 0) is 20.0 Å². The highest BCUT2D eigenvalue weighted by atomic mass is 32.2. The molecule has 0 saturated carbocycles. The molecule has 4 N–H and O–H groups in total. The van der Waals surface area contributed by atoms with Gasteiger partial charge in [-0.1, -0.05) is 12.1 Å². The van der Waals surface area contributed by atoms with Crippen molar-refractivity contribution in [2.45, 2.75) is 24.3 Å². The van der Waals surface area contributed by atoms with Gasteiger partial charge >= 0.3 is 0 Å². The predicted molar refractivity (Wildman–Crippen MR) is 74.9 cm³/mol. The van der Waals surface area contributed by atoms with E-state index in [-0.39, 0.29) is 23.6 Å². The van der Waals surface area contributed by atoms with E-state index in [1.807, 2.05) is 0 Å². The molecular weight excluding hydrogens is 304 g/mol. The zero-order valence-corrected chi connectivity index (χ0v) is 12.6. The fourth-order valence-electron chi connectivity index (χ4n) is 1.49. The minimum Gasteiger partial charge on any atom is -0.389 e. The maximum Gasteiger partial charge on any atom is 0.240 e. The summed E-state index contributed by atoms with van der Waals surface area (Å²) in [6, 6.07) is 5.79. The van der Waals surface area contributed by atoms with E-state index in [2.05, 4.69) is 4.72 Å². The lowest BCUT2D eigenvalue weighted by Gasteiger charge is -2.08. The second-order valence-electron chi connectivity index (χ2n) is 4.36. The summed E-state index contributed by atoms with van der Waals surface area (Å²) in [4.78, 5) is 0.0532. The van der Waals surface area contributed by atoms with Gasteiger partial charge in [0.1, 0.15) is 0 Å². The first-order valence-electron chi connectivity index (χ1n) is 5.90. The Labute approximate surface area is 118 Å². The summed E-state index contributed by atoms with van der Waals surface area (Å²) in [5.41, 5.74) is 0.609. The lowest BCUT2D eigenvalue weighted by Crippen LogP contribution is -2.27. The second kappa shape index (κ2) is 6.64. The largest absolute Gasteiger partial charge is 0.389 e. The van der Waals surface area contributed by atoms with Gasteiger partial charge in [-0.2, -0.15) is 0 Å². The minimum absolute atomic E-state index is 0.0169. The molecule has 114 valence electrons. The van der Waals surface area contributed by atoms with E-state index in [9.17, 15) is 21.9 Å². The number of sulfonamides is 2. The normalized spacial score (nSPS) is 14.2. The maximum absolute atomic E-state index is 11.9. The zero-order chi connectivity index (χ0) is 15.4. The molecule has 0 amide bonds. The average Bonchev–Trinajstić information content (AvgIpc) is 2.34. The van der Waals surface area contributed by atoms with Crippen LogP contribution in [0.3, 0.4) is 0 Å². The third kappa shape index (κ3) is 5.55. The third-order valence-corrected chi connectivity index (χ3v) is 4.91. The molecule has 1 aromatic rings. The lowest BCUT2D eigenvalue weighted by molar-refractivity contribution is 0.199. The first-order chi connectivity index (χ1) is 9.12. The highest BCUT2D eigenvalue weighted by Gasteiger charge is 2.14. The van der Waals surface area contributed by atoms with E-state index in [1.165, 1.54) is 24.3 Å². The molecule has 0 fully saturated rings. The molecule has 0 aliphatic carbocycles. The molecule has 0 aliphatic rings. The summed E-state index contributed by atoms with van der Waals surface area (Å²) in [6.45, 7) is 1.56. The molecule has 20 heavy (non-hydrogen) atoms. The van der Waals surface area contributed by atoms with Gasteiger partial charge in [0.15, 0.2) is 0 Å². The molecule has 9 heteroatoms. The van der Waals surface area contributed by atoms with Crippen LogP contribution in [0.2, 0.25) is 0 Å². The molecule has 0 heterocycles. The van der Waals surface area contributed by atoms with Gasteiger partial charge in [-0.3, -0.25) is 0 Å². The van der Waals surface area contributed by atoms with E-state index < -0.39 is 26.2 Å². The molecule has 0 spiro atoms. The highest BCUT2D eigenvalue weighted by molar-refractivity contribution is 7.89. The summed E-state index contributed by atoms with van der Waals surface area (Å²) in [6.07, 6.45) is -0.571. The molecule has 1 rings (SSSR count). The van der Waals surface area contributed by atoms with Gasteiger partial charge in [0.2, 0.25) is 20.0 Å². The van der Waals surface area contributed by atoms with Crippen LogP contribution in [0, 0.1) is 0 Å². The van der Waals surface area contributed by atoms with E-state index >= 15 is 0 Å². The zero-order valence-electron chi connectivity index (χ0n) is 11.0. The summed E-state index contributed by atoms with van der Waals surface area (Å²) in [7, 11) is -7.27. The van der Waals surface area contributed by atoms with E-state index in [1.54, 1.807) is 6.92 Å². The van der Waals surface area contributed by atoms with E-state index in [0.29, 0.717) is 5.56 Å². The summed E-state index contributed by atoms with van der Waals surface area (Å²) < 4.78 is 47.5. The maximum atomic E-state index is 11.9. The first-order valence-corrected chi connectivity index (χ1v) is 9.10. The molecule has 0 aromatic heterocycles. The quantitative estimate of drug-likeness (QED) is 0.594. The molecule has 0 bridgehead atoms. The smallest absolute Gasteiger partial charge is 0.240 e. The van der Waals surface area contributed by atoms with Crippen molar-refractivity contribution in [2.75, 3.05) is 12.3 Å². The Balaban J connectivity index is 2.65. The Morgan fingerprint density at radius 3 is 2.20 bits per heavy atom. The van der Waals surface area contributed by atoms with Crippen molar-refractivity contribution >= 4 is 20.0 Å². The summed E-state index contributed by atoms with van der Waals surface area (Å²) >= 11 is 0. The van der Waals surface area contributed by atoms with Crippen molar-refractivity contribution in [1.29, 1.82) is 0 Å². The fraction of sp³-hybridized carbons (Fsp3) is 0.455. The van der Waals surface area contributed by atoms with Gasteiger partial charge in [-0.25, -0.2) is 26.7 Å². The van der Waals surface area contributed by atoms with Gasteiger partial charge in [0, 0.05) is 6.54 Å². The Hall–Kier alpha value is -1.00. The SMILES string of the molecule is CC(O)c1ccc(S(=O)(=O)NCCCS(N)(=O)=O)cc1. The summed E-state index contributed by atoms with van der Waals surface area (Å²) in [5, 5.41) is 14.1. The molecule has 0 saturated heterocycles. The van der Waals surface area contributed by atoms with E-state index in [0.717, 1.165) is 0 Å². The van der Waals surface area contributed by atoms with Gasteiger partial charge in [-0.15, -0.1) is 0 Å². The molecular formula is C11H18N2O5S2. The van der Waals surface area contributed by atoms with Crippen molar-refractivity contribution < 1.29 is 21.9 Å². The topological polar surface area (TPSA) is 127 Å². The molecule has 1 unspecified atom stereocenters. The standard InChI is InChI=1S/C11H18N2O5S2/c1-9(14)10-3-5-11(6-4-10)20(17,18)13-7-2-8-19(12,15)16/h3-6,9,13-14H,2,7-8H2,1H3,(H2,12,15,16). The second-order valence-corrected chi connectivity index (χ2v) is 7.86. The number of hydrogen-bond donors (Lipinski definition) is 3.